The number of hydrogen-bond acceptors (Lipinski definition) is 4. The van der Waals surface area contributed by atoms with Crippen LogP contribution in [0.15, 0.2) is 0 Å². The second-order valence-corrected chi connectivity index (χ2v) is 5.76. The topological polar surface area (TPSA) is 58.6 Å². The van der Waals surface area contributed by atoms with Crippen molar-refractivity contribution in [2.75, 3.05) is 13.2 Å². The number of nitrogens with one attached hydrogen (secondary N) is 1. The first kappa shape index (κ1) is 13.8. The van der Waals surface area contributed by atoms with Crippen molar-refractivity contribution < 1.29 is 14.6 Å². The zero-order chi connectivity index (χ0) is 13.0. The highest BCUT2D eigenvalue weighted by Gasteiger charge is 2.35. The minimum Gasteiger partial charge on any atom is -0.466 e. The van der Waals surface area contributed by atoms with Crippen LogP contribution in [0.5, 0.6) is 0 Å². The van der Waals surface area contributed by atoms with Crippen molar-refractivity contribution >= 4 is 5.97 Å². The lowest BCUT2D eigenvalue weighted by Gasteiger charge is -2.39. The summed E-state index contributed by atoms with van der Waals surface area (Å²) in [6, 6.07) is 0.459. The lowest BCUT2D eigenvalue weighted by Crippen LogP contribution is -2.49. The van der Waals surface area contributed by atoms with Gasteiger partial charge in [-0.1, -0.05) is 0 Å². The van der Waals surface area contributed by atoms with Crippen molar-refractivity contribution in [2.24, 2.45) is 5.92 Å². The van der Waals surface area contributed by atoms with E-state index in [1.165, 1.54) is 0 Å². The number of rotatable bonds is 5. The van der Waals surface area contributed by atoms with Crippen LogP contribution in [0, 0.1) is 5.92 Å². The Balaban J connectivity index is 1.65. The first-order valence-electron chi connectivity index (χ1n) is 7.25. The molecule has 0 amide bonds. The van der Waals surface area contributed by atoms with Gasteiger partial charge in [0.1, 0.15) is 0 Å². The van der Waals surface area contributed by atoms with Gasteiger partial charge in [0, 0.05) is 12.6 Å². The molecule has 104 valence electrons. The third-order valence-electron chi connectivity index (χ3n) is 4.35. The van der Waals surface area contributed by atoms with Crippen LogP contribution in [0.4, 0.5) is 0 Å². The SMILES string of the molecule is CCOC(=O)C1CCC(NCC2(O)CCC2)CC1. The van der Waals surface area contributed by atoms with E-state index < -0.39 is 5.60 Å². The Labute approximate surface area is 109 Å². The van der Waals surface area contributed by atoms with Crippen LogP contribution >= 0.6 is 0 Å². The molecule has 0 aliphatic heterocycles. The summed E-state index contributed by atoms with van der Waals surface area (Å²) in [5.41, 5.74) is -0.446. The molecule has 0 unspecified atom stereocenters. The number of esters is 1. The van der Waals surface area contributed by atoms with Crippen molar-refractivity contribution in [3.8, 4) is 0 Å². The first-order valence-corrected chi connectivity index (χ1v) is 7.25. The number of carbonyl (C=O) groups is 1. The first-order chi connectivity index (χ1) is 8.63. The van der Waals surface area contributed by atoms with E-state index in [4.69, 9.17) is 4.74 Å². The van der Waals surface area contributed by atoms with E-state index in [-0.39, 0.29) is 11.9 Å². The zero-order valence-corrected chi connectivity index (χ0v) is 11.3. The predicted octanol–water partition coefficient (Wildman–Crippen LogP) is 1.61. The van der Waals surface area contributed by atoms with Gasteiger partial charge in [0.2, 0.25) is 0 Å². The molecule has 18 heavy (non-hydrogen) atoms. The molecule has 2 N–H and O–H groups in total. The Kier molecular flexibility index (Phi) is 4.62. The second kappa shape index (κ2) is 6.02. The standard InChI is InChI=1S/C14H25NO3/c1-2-18-13(16)11-4-6-12(7-5-11)15-10-14(17)8-3-9-14/h11-12,15,17H,2-10H2,1H3. The maximum atomic E-state index is 11.6. The highest BCUT2D eigenvalue weighted by molar-refractivity contribution is 5.72. The fourth-order valence-corrected chi connectivity index (χ4v) is 2.89. The van der Waals surface area contributed by atoms with Crippen LogP contribution in [0.25, 0.3) is 0 Å². The molecule has 2 saturated carbocycles. The molecule has 0 radical (unpaired) electrons. The van der Waals surface area contributed by atoms with Gasteiger partial charge in [-0.2, -0.15) is 0 Å². The van der Waals surface area contributed by atoms with Crippen LogP contribution in [0.2, 0.25) is 0 Å². The zero-order valence-electron chi connectivity index (χ0n) is 11.3. The smallest absolute Gasteiger partial charge is 0.308 e. The molecular weight excluding hydrogens is 230 g/mol. The summed E-state index contributed by atoms with van der Waals surface area (Å²) in [6.45, 7) is 3.04. The molecule has 2 rings (SSSR count). The Hall–Kier alpha value is -0.610. The monoisotopic (exact) mass is 255 g/mol. The second-order valence-electron chi connectivity index (χ2n) is 5.76. The van der Waals surface area contributed by atoms with Gasteiger partial charge in [-0.3, -0.25) is 4.79 Å². The summed E-state index contributed by atoms with van der Waals surface area (Å²) in [4.78, 5) is 11.6. The summed E-state index contributed by atoms with van der Waals surface area (Å²) in [6.07, 6.45) is 6.85. The maximum Gasteiger partial charge on any atom is 0.308 e. The van der Waals surface area contributed by atoms with Crippen LogP contribution in [-0.4, -0.2) is 35.9 Å². The average molecular weight is 255 g/mol. The molecule has 0 atom stereocenters. The van der Waals surface area contributed by atoms with Crippen LogP contribution in [-0.2, 0) is 9.53 Å². The summed E-state index contributed by atoms with van der Waals surface area (Å²) >= 11 is 0. The number of ether oxygens (including phenoxy) is 1. The van der Waals surface area contributed by atoms with Crippen molar-refractivity contribution in [2.45, 2.75) is 63.5 Å². The number of hydrogen-bond donors (Lipinski definition) is 2. The maximum absolute atomic E-state index is 11.6. The van der Waals surface area contributed by atoms with Crippen LogP contribution in [0.3, 0.4) is 0 Å². The van der Waals surface area contributed by atoms with E-state index in [0.29, 0.717) is 19.2 Å². The normalized spacial score (nSPS) is 30.6. The molecule has 2 aliphatic rings. The van der Waals surface area contributed by atoms with E-state index in [1.54, 1.807) is 0 Å². The molecule has 0 heterocycles. The minimum atomic E-state index is -0.446. The minimum absolute atomic E-state index is 0.0337. The number of carbonyl (C=O) groups excluding carboxylic acids is 1. The van der Waals surface area contributed by atoms with Gasteiger partial charge in [0.15, 0.2) is 0 Å². The third-order valence-corrected chi connectivity index (χ3v) is 4.35. The largest absolute Gasteiger partial charge is 0.466 e. The van der Waals surface area contributed by atoms with E-state index in [1.807, 2.05) is 6.92 Å². The van der Waals surface area contributed by atoms with Gasteiger partial charge in [0.25, 0.3) is 0 Å². The third kappa shape index (κ3) is 3.45. The van der Waals surface area contributed by atoms with Gasteiger partial charge < -0.3 is 15.2 Å². The average Bonchev–Trinajstić information content (AvgIpc) is 2.35. The Morgan fingerprint density at radius 2 is 2.00 bits per heavy atom. The van der Waals surface area contributed by atoms with Gasteiger partial charge in [-0.05, 0) is 51.9 Å². The van der Waals surface area contributed by atoms with Gasteiger partial charge in [0.05, 0.1) is 18.1 Å². The molecule has 0 bridgehead atoms. The molecule has 2 fully saturated rings. The predicted molar refractivity (Wildman–Crippen MR) is 69.2 cm³/mol. The van der Waals surface area contributed by atoms with Crippen molar-refractivity contribution in [3.63, 3.8) is 0 Å². The molecule has 0 aromatic carbocycles. The lowest BCUT2D eigenvalue weighted by molar-refractivity contribution is -0.149. The van der Waals surface area contributed by atoms with Gasteiger partial charge in [-0.15, -0.1) is 0 Å². The van der Waals surface area contributed by atoms with Gasteiger partial charge in [-0.25, -0.2) is 0 Å². The summed E-state index contributed by atoms with van der Waals surface area (Å²) in [5.74, 6) is 0.0587. The highest BCUT2D eigenvalue weighted by atomic mass is 16.5. The fraction of sp³-hybridized carbons (Fsp3) is 0.929. The summed E-state index contributed by atoms with van der Waals surface area (Å²) in [7, 11) is 0. The Morgan fingerprint density at radius 1 is 1.33 bits per heavy atom. The molecule has 0 saturated heterocycles. The molecule has 4 heteroatoms. The molecule has 0 aromatic heterocycles. The molecule has 0 spiro atoms. The van der Waals surface area contributed by atoms with E-state index in [0.717, 1.165) is 44.9 Å². The molecule has 4 nitrogen and oxygen atoms in total. The van der Waals surface area contributed by atoms with Gasteiger partial charge >= 0.3 is 5.97 Å². The van der Waals surface area contributed by atoms with E-state index in [2.05, 4.69) is 5.32 Å². The van der Waals surface area contributed by atoms with E-state index >= 15 is 0 Å². The molecular formula is C14H25NO3. The quantitative estimate of drug-likeness (QED) is 0.733. The van der Waals surface area contributed by atoms with E-state index in [9.17, 15) is 9.90 Å². The number of aliphatic hydroxyl groups is 1. The Bertz CT molecular complexity index is 281. The lowest BCUT2D eigenvalue weighted by atomic mass is 9.79. The van der Waals surface area contributed by atoms with Crippen LogP contribution in [0.1, 0.15) is 51.9 Å². The molecule has 2 aliphatic carbocycles. The van der Waals surface area contributed by atoms with Crippen molar-refractivity contribution in [1.29, 1.82) is 0 Å². The van der Waals surface area contributed by atoms with Crippen molar-refractivity contribution in [1.82, 2.24) is 5.32 Å². The fourth-order valence-electron chi connectivity index (χ4n) is 2.89. The van der Waals surface area contributed by atoms with Crippen molar-refractivity contribution in [3.05, 3.63) is 0 Å². The van der Waals surface area contributed by atoms with Crippen LogP contribution < -0.4 is 5.32 Å². The molecule has 0 aromatic rings. The highest BCUT2D eigenvalue weighted by Crippen LogP contribution is 2.32. The Morgan fingerprint density at radius 3 is 2.50 bits per heavy atom. The summed E-state index contributed by atoms with van der Waals surface area (Å²) in [5, 5.41) is 13.5. The summed E-state index contributed by atoms with van der Waals surface area (Å²) < 4.78 is 5.06.